The van der Waals surface area contributed by atoms with Gasteiger partial charge in [-0.2, -0.15) is 0 Å². The highest BCUT2D eigenvalue weighted by atomic mass is 16.2. The fraction of sp³-hybridized carbons (Fsp3) is 0.611. The van der Waals surface area contributed by atoms with E-state index in [1.54, 1.807) is 4.90 Å². The smallest absolute Gasteiger partial charge is 0.317 e. The summed E-state index contributed by atoms with van der Waals surface area (Å²) in [5, 5.41) is 11.7. The summed E-state index contributed by atoms with van der Waals surface area (Å²) >= 11 is 0. The SMILES string of the molecule is CN(C[C@H]1Cc2ccccc2CN1C)C(=O)NCCCCCO. The monoisotopic (exact) mass is 319 g/mol. The second kappa shape index (κ2) is 8.89. The van der Waals surface area contributed by atoms with Crippen molar-refractivity contribution in [3.8, 4) is 0 Å². The van der Waals surface area contributed by atoms with E-state index < -0.39 is 0 Å². The van der Waals surface area contributed by atoms with Gasteiger partial charge in [0.25, 0.3) is 0 Å². The first-order valence-electron chi connectivity index (χ1n) is 8.48. The molecule has 0 bridgehead atoms. The number of rotatable bonds is 7. The van der Waals surface area contributed by atoms with E-state index in [4.69, 9.17) is 5.11 Å². The molecule has 23 heavy (non-hydrogen) atoms. The van der Waals surface area contributed by atoms with Crippen molar-refractivity contribution >= 4 is 6.03 Å². The van der Waals surface area contributed by atoms with Crippen molar-refractivity contribution in [1.82, 2.24) is 15.1 Å². The van der Waals surface area contributed by atoms with Gasteiger partial charge in [0.15, 0.2) is 0 Å². The van der Waals surface area contributed by atoms with Crippen molar-refractivity contribution in [1.29, 1.82) is 0 Å². The third-order valence-corrected chi connectivity index (χ3v) is 4.56. The van der Waals surface area contributed by atoms with Crippen molar-refractivity contribution in [2.45, 2.75) is 38.3 Å². The molecule has 1 aromatic carbocycles. The summed E-state index contributed by atoms with van der Waals surface area (Å²) in [6.07, 6.45) is 3.65. The molecule has 0 unspecified atom stereocenters. The minimum Gasteiger partial charge on any atom is -0.396 e. The molecule has 0 radical (unpaired) electrons. The van der Waals surface area contributed by atoms with Crippen LogP contribution in [0.1, 0.15) is 30.4 Å². The number of likely N-dealkylation sites (N-methyl/N-ethyl adjacent to an activating group) is 2. The summed E-state index contributed by atoms with van der Waals surface area (Å²) in [7, 11) is 3.98. The first kappa shape index (κ1) is 17.8. The lowest BCUT2D eigenvalue weighted by Gasteiger charge is -2.36. The Hall–Kier alpha value is -1.59. The maximum absolute atomic E-state index is 12.1. The predicted molar refractivity (Wildman–Crippen MR) is 92.4 cm³/mol. The molecular formula is C18H29N3O2. The van der Waals surface area contributed by atoms with Gasteiger partial charge >= 0.3 is 6.03 Å². The van der Waals surface area contributed by atoms with Gasteiger partial charge in [-0.1, -0.05) is 24.3 Å². The highest BCUT2D eigenvalue weighted by molar-refractivity contribution is 5.73. The number of hydrogen-bond acceptors (Lipinski definition) is 3. The molecule has 5 heteroatoms. The predicted octanol–water partition coefficient (Wildman–Crippen LogP) is 1.85. The zero-order chi connectivity index (χ0) is 16.7. The van der Waals surface area contributed by atoms with E-state index in [-0.39, 0.29) is 12.6 Å². The van der Waals surface area contributed by atoms with Gasteiger partial charge in [-0.25, -0.2) is 4.79 Å². The second-order valence-electron chi connectivity index (χ2n) is 6.44. The summed E-state index contributed by atoms with van der Waals surface area (Å²) in [5.74, 6) is 0. The topological polar surface area (TPSA) is 55.8 Å². The molecule has 0 saturated carbocycles. The Bertz CT molecular complexity index is 507. The Labute approximate surface area is 139 Å². The highest BCUT2D eigenvalue weighted by Crippen LogP contribution is 2.22. The van der Waals surface area contributed by atoms with Crippen LogP contribution in [0.25, 0.3) is 0 Å². The number of nitrogens with zero attached hydrogens (tertiary/aromatic N) is 2. The molecule has 1 aromatic rings. The molecule has 2 N–H and O–H groups in total. The van der Waals surface area contributed by atoms with E-state index in [1.807, 2.05) is 7.05 Å². The van der Waals surface area contributed by atoms with E-state index >= 15 is 0 Å². The van der Waals surface area contributed by atoms with Gasteiger partial charge in [0, 0.05) is 39.3 Å². The summed E-state index contributed by atoms with van der Waals surface area (Å²) in [4.78, 5) is 16.3. The largest absolute Gasteiger partial charge is 0.396 e. The lowest BCUT2D eigenvalue weighted by atomic mass is 9.94. The average molecular weight is 319 g/mol. The Morgan fingerprint density at radius 3 is 2.78 bits per heavy atom. The fourth-order valence-corrected chi connectivity index (χ4v) is 3.07. The Morgan fingerprint density at radius 2 is 2.04 bits per heavy atom. The third-order valence-electron chi connectivity index (χ3n) is 4.56. The van der Waals surface area contributed by atoms with E-state index in [0.29, 0.717) is 12.6 Å². The van der Waals surface area contributed by atoms with Crippen LogP contribution in [0.5, 0.6) is 0 Å². The molecule has 1 heterocycles. The van der Waals surface area contributed by atoms with Gasteiger partial charge in [0.2, 0.25) is 0 Å². The zero-order valence-electron chi connectivity index (χ0n) is 14.3. The van der Waals surface area contributed by atoms with Crippen LogP contribution in [0.15, 0.2) is 24.3 Å². The van der Waals surface area contributed by atoms with Gasteiger partial charge in [0.1, 0.15) is 0 Å². The molecule has 1 atom stereocenters. The molecule has 2 amide bonds. The number of aliphatic hydroxyl groups excluding tert-OH is 1. The lowest BCUT2D eigenvalue weighted by Crippen LogP contribution is -2.48. The van der Waals surface area contributed by atoms with E-state index in [2.05, 4.69) is 41.5 Å². The molecule has 1 aliphatic heterocycles. The van der Waals surface area contributed by atoms with Crippen LogP contribution in [-0.4, -0.2) is 60.8 Å². The van der Waals surface area contributed by atoms with Gasteiger partial charge in [0.05, 0.1) is 0 Å². The summed E-state index contributed by atoms with van der Waals surface area (Å²) in [5.41, 5.74) is 2.79. The highest BCUT2D eigenvalue weighted by Gasteiger charge is 2.25. The summed E-state index contributed by atoms with van der Waals surface area (Å²) < 4.78 is 0. The maximum atomic E-state index is 12.1. The van der Waals surface area contributed by atoms with Gasteiger partial charge in [-0.05, 0) is 43.9 Å². The Kier molecular flexibility index (Phi) is 6.86. The minimum absolute atomic E-state index is 0.0127. The number of urea groups is 1. The number of carbonyl (C=O) groups is 1. The number of fused-ring (bicyclic) bond motifs is 1. The van der Waals surface area contributed by atoms with Crippen LogP contribution in [0, 0.1) is 0 Å². The second-order valence-corrected chi connectivity index (χ2v) is 6.44. The number of unbranched alkanes of at least 4 members (excludes halogenated alkanes) is 2. The summed E-state index contributed by atoms with van der Waals surface area (Å²) in [6, 6.07) is 8.89. The van der Waals surface area contributed by atoms with Crippen LogP contribution in [0.2, 0.25) is 0 Å². The van der Waals surface area contributed by atoms with Crippen LogP contribution >= 0.6 is 0 Å². The van der Waals surface area contributed by atoms with Crippen LogP contribution in [0.3, 0.4) is 0 Å². The molecule has 0 saturated heterocycles. The normalized spacial score (nSPS) is 17.6. The van der Waals surface area contributed by atoms with E-state index in [0.717, 1.165) is 38.8 Å². The van der Waals surface area contributed by atoms with Gasteiger partial charge in [-0.15, -0.1) is 0 Å². The molecule has 5 nitrogen and oxygen atoms in total. The Balaban J connectivity index is 1.78. The van der Waals surface area contributed by atoms with Crippen molar-refractivity contribution in [3.63, 3.8) is 0 Å². The van der Waals surface area contributed by atoms with Crippen molar-refractivity contribution in [3.05, 3.63) is 35.4 Å². The van der Waals surface area contributed by atoms with Gasteiger partial charge < -0.3 is 15.3 Å². The quantitative estimate of drug-likeness (QED) is 0.754. The third kappa shape index (κ3) is 5.22. The van der Waals surface area contributed by atoms with Crippen molar-refractivity contribution in [2.24, 2.45) is 0 Å². The van der Waals surface area contributed by atoms with Crippen LogP contribution in [-0.2, 0) is 13.0 Å². The standard InChI is InChI=1S/C18H29N3O2/c1-20-13-16-9-5-4-8-15(16)12-17(20)14-21(2)18(23)19-10-6-3-7-11-22/h4-5,8-9,17,22H,3,6-7,10-14H2,1-2H3,(H,19,23)/t17-/m1/s1. The molecule has 128 valence electrons. The summed E-state index contributed by atoms with van der Waals surface area (Å²) in [6.45, 7) is 2.57. The minimum atomic E-state index is -0.0127. The average Bonchev–Trinajstić information content (AvgIpc) is 2.55. The number of amides is 2. The first-order valence-corrected chi connectivity index (χ1v) is 8.48. The number of nitrogens with one attached hydrogen (secondary N) is 1. The van der Waals surface area contributed by atoms with Gasteiger partial charge in [-0.3, -0.25) is 4.90 Å². The first-order chi connectivity index (χ1) is 11.1. The molecule has 1 aliphatic rings. The molecule has 0 fully saturated rings. The van der Waals surface area contributed by atoms with E-state index in [1.165, 1.54) is 11.1 Å². The molecule has 2 rings (SSSR count). The van der Waals surface area contributed by atoms with Crippen LogP contribution < -0.4 is 5.32 Å². The zero-order valence-corrected chi connectivity index (χ0v) is 14.3. The molecule has 0 spiro atoms. The number of aliphatic hydroxyl groups is 1. The number of benzene rings is 1. The molecule has 0 aromatic heterocycles. The van der Waals surface area contributed by atoms with E-state index in [9.17, 15) is 4.79 Å². The number of carbonyl (C=O) groups excluding carboxylic acids is 1. The number of hydrogen-bond donors (Lipinski definition) is 2. The molecule has 0 aliphatic carbocycles. The van der Waals surface area contributed by atoms with Crippen molar-refractivity contribution in [2.75, 3.05) is 33.8 Å². The van der Waals surface area contributed by atoms with Crippen LogP contribution in [0.4, 0.5) is 4.79 Å². The maximum Gasteiger partial charge on any atom is 0.317 e. The Morgan fingerprint density at radius 1 is 1.30 bits per heavy atom. The molecular weight excluding hydrogens is 290 g/mol. The van der Waals surface area contributed by atoms with Crippen molar-refractivity contribution < 1.29 is 9.90 Å². The lowest BCUT2D eigenvalue weighted by molar-refractivity contribution is 0.160. The fourth-order valence-electron chi connectivity index (χ4n) is 3.07.